The smallest absolute Gasteiger partial charge is 0.361 e. The number of hydrogen-bond acceptors (Lipinski definition) is 9. The zero-order chi connectivity index (χ0) is 24.7. The lowest BCUT2D eigenvalue weighted by Crippen LogP contribution is -2.53. The molecule has 1 aliphatic rings. The summed E-state index contributed by atoms with van der Waals surface area (Å²) in [5.74, 6) is -1.98. The van der Waals surface area contributed by atoms with Crippen molar-refractivity contribution in [1.29, 1.82) is 0 Å². The molecule has 0 saturated carbocycles. The average Bonchev–Trinajstić information content (AvgIpc) is 3.09. The molecule has 2 aromatic rings. The van der Waals surface area contributed by atoms with Crippen LogP contribution in [0.25, 0.3) is 0 Å². The van der Waals surface area contributed by atoms with E-state index in [2.05, 4.69) is 5.00 Å². The summed E-state index contributed by atoms with van der Waals surface area (Å²) in [6.07, 6.45) is -3.24. The third kappa shape index (κ3) is 6.01. The molecule has 1 aliphatic heterocycles. The first-order valence-electron chi connectivity index (χ1n) is 10.7. The van der Waals surface area contributed by atoms with Gasteiger partial charge in [0.25, 0.3) is 0 Å². The second kappa shape index (κ2) is 11.6. The molecule has 34 heavy (non-hydrogen) atoms. The molecule has 0 aliphatic carbocycles. The molecule has 2 unspecified atom stereocenters. The van der Waals surface area contributed by atoms with Gasteiger partial charge in [0.15, 0.2) is 6.10 Å². The van der Waals surface area contributed by atoms with E-state index in [9.17, 15) is 14.4 Å². The minimum atomic E-state index is -1.65. The van der Waals surface area contributed by atoms with Gasteiger partial charge in [-0.05, 0) is 31.2 Å². The van der Waals surface area contributed by atoms with Gasteiger partial charge in [-0.1, -0.05) is 52.1 Å². The van der Waals surface area contributed by atoms with E-state index >= 15 is 0 Å². The van der Waals surface area contributed by atoms with Crippen LogP contribution < -0.4 is 5.00 Å². The maximum atomic E-state index is 13.0. The number of ether oxygens (including phenoxy) is 4. The zero-order valence-corrected chi connectivity index (χ0v) is 20.1. The van der Waals surface area contributed by atoms with Gasteiger partial charge in [0.1, 0.15) is 6.10 Å². The molecule has 1 fully saturated rings. The van der Waals surface area contributed by atoms with Crippen LogP contribution in [-0.4, -0.2) is 60.3 Å². The van der Waals surface area contributed by atoms with Crippen LogP contribution in [-0.2, 0) is 23.7 Å². The fourth-order valence-electron chi connectivity index (χ4n) is 3.65. The maximum absolute atomic E-state index is 13.0. The Kier molecular flexibility index (Phi) is 8.80. The van der Waals surface area contributed by atoms with E-state index < -0.39 is 42.0 Å². The molecule has 0 aromatic heterocycles. The average molecular weight is 487 g/mol. The van der Waals surface area contributed by atoms with Crippen molar-refractivity contribution in [3.8, 4) is 0 Å². The number of carbonyl (C=O) groups is 3. The summed E-state index contributed by atoms with van der Waals surface area (Å²) in [5, 5.41) is 9.17. The molecular weight excluding hydrogens is 460 g/mol. The van der Waals surface area contributed by atoms with Gasteiger partial charge in [-0.2, -0.15) is 0 Å². The van der Waals surface area contributed by atoms with Crippen LogP contribution in [0, 0.1) is 0 Å². The van der Waals surface area contributed by atoms with Gasteiger partial charge >= 0.3 is 25.5 Å². The number of rotatable bonds is 9. The SMILES string of the molecule is CC(=O)OC1O[C@H]([C@@H](C)PNBO)[C@@H](OC(=O)c2ccccc2)[C@@]1(C)OC(=O)c1ccccc1. The van der Waals surface area contributed by atoms with Gasteiger partial charge in [-0.15, -0.1) is 0 Å². The standard InChI is InChI=1S/C23H27BNO8P/c1-14(34-25-24-29)18-19(32-20(27)16-10-6-4-7-11-16)23(3,22(31-18)30-15(2)26)33-21(28)17-12-8-5-9-13-17/h4-14,18-19,22,24-25,29,34H,1-3H3/t14-,18-,19-,22?,23-/m1/s1. The zero-order valence-electron chi connectivity index (χ0n) is 19.1. The first-order chi connectivity index (χ1) is 16.3. The molecule has 0 radical (unpaired) electrons. The van der Waals surface area contributed by atoms with Crippen molar-refractivity contribution >= 4 is 34.3 Å². The molecular formula is C23H27BNO8P. The normalized spacial score (nSPS) is 25.0. The second-order valence-electron chi connectivity index (χ2n) is 7.94. The van der Waals surface area contributed by atoms with Crippen LogP contribution in [0.2, 0.25) is 0 Å². The largest absolute Gasteiger partial charge is 0.451 e. The second-order valence-corrected chi connectivity index (χ2v) is 9.49. The van der Waals surface area contributed by atoms with E-state index in [0.717, 1.165) is 0 Å². The minimum absolute atomic E-state index is 0.0222. The Balaban J connectivity index is 1.97. The van der Waals surface area contributed by atoms with E-state index in [4.69, 9.17) is 24.0 Å². The summed E-state index contributed by atoms with van der Waals surface area (Å²) in [6.45, 7) is 4.55. The van der Waals surface area contributed by atoms with Crippen molar-refractivity contribution in [1.82, 2.24) is 5.00 Å². The van der Waals surface area contributed by atoms with Crippen molar-refractivity contribution < 1.29 is 38.4 Å². The van der Waals surface area contributed by atoms with Crippen LogP contribution in [0.1, 0.15) is 41.5 Å². The Morgan fingerprint density at radius 2 is 1.59 bits per heavy atom. The number of esters is 3. The van der Waals surface area contributed by atoms with Crippen LogP contribution in [0.4, 0.5) is 0 Å². The quantitative estimate of drug-likeness (QED) is 0.237. The molecule has 6 atom stereocenters. The highest BCUT2D eigenvalue weighted by molar-refractivity contribution is 7.38. The summed E-state index contributed by atoms with van der Waals surface area (Å²) in [6, 6.07) is 16.7. The van der Waals surface area contributed by atoms with Gasteiger partial charge in [0.2, 0.25) is 11.9 Å². The first-order valence-corrected chi connectivity index (χ1v) is 11.8. The maximum Gasteiger partial charge on any atom is 0.361 e. The Morgan fingerprint density at radius 1 is 1.03 bits per heavy atom. The van der Waals surface area contributed by atoms with Crippen LogP contribution in [0.5, 0.6) is 0 Å². The third-order valence-corrected chi connectivity index (χ3v) is 6.50. The highest BCUT2D eigenvalue weighted by Crippen LogP contribution is 2.42. The summed E-state index contributed by atoms with van der Waals surface area (Å²) < 4.78 is 23.1. The highest BCUT2D eigenvalue weighted by Gasteiger charge is 2.62. The van der Waals surface area contributed by atoms with E-state index in [1.165, 1.54) is 13.8 Å². The number of hydrogen-bond donors (Lipinski definition) is 2. The molecule has 180 valence electrons. The molecule has 3 rings (SSSR count). The van der Waals surface area contributed by atoms with Crippen molar-refractivity contribution in [3.63, 3.8) is 0 Å². The van der Waals surface area contributed by atoms with Crippen molar-refractivity contribution in [3.05, 3.63) is 71.8 Å². The molecule has 2 N–H and O–H groups in total. The Labute approximate surface area is 200 Å². The minimum Gasteiger partial charge on any atom is -0.451 e. The third-order valence-electron chi connectivity index (χ3n) is 5.35. The molecule has 1 heterocycles. The molecule has 9 nitrogen and oxygen atoms in total. The molecule has 11 heteroatoms. The fraction of sp³-hybridized carbons (Fsp3) is 0.348. The number of carbonyl (C=O) groups excluding carboxylic acids is 3. The van der Waals surface area contributed by atoms with E-state index in [-0.39, 0.29) is 27.6 Å². The number of benzene rings is 2. The van der Waals surface area contributed by atoms with Crippen molar-refractivity contribution in [2.24, 2.45) is 0 Å². The van der Waals surface area contributed by atoms with Crippen LogP contribution in [0.15, 0.2) is 60.7 Å². The lowest BCUT2D eigenvalue weighted by Gasteiger charge is -2.34. The van der Waals surface area contributed by atoms with Gasteiger partial charge in [-0.25, -0.2) is 9.59 Å². The first kappa shape index (κ1) is 25.8. The predicted octanol–water partition coefficient (Wildman–Crippen LogP) is 1.95. The number of nitrogens with one attached hydrogen (secondary N) is 1. The molecule has 0 spiro atoms. The molecule has 0 amide bonds. The van der Waals surface area contributed by atoms with Crippen molar-refractivity contribution in [2.45, 2.75) is 50.5 Å². The van der Waals surface area contributed by atoms with E-state index in [1.807, 2.05) is 6.92 Å². The van der Waals surface area contributed by atoms with E-state index in [0.29, 0.717) is 5.56 Å². The van der Waals surface area contributed by atoms with Crippen molar-refractivity contribution in [2.75, 3.05) is 0 Å². The highest BCUT2D eigenvalue weighted by atomic mass is 31.1. The lowest BCUT2D eigenvalue weighted by atomic mass is 9.95. The summed E-state index contributed by atoms with van der Waals surface area (Å²) in [4.78, 5) is 40.6. The summed E-state index contributed by atoms with van der Waals surface area (Å²) in [5.41, 5.74) is -1.36. The van der Waals surface area contributed by atoms with Crippen LogP contribution in [0.3, 0.4) is 0 Å². The molecule has 1 saturated heterocycles. The van der Waals surface area contributed by atoms with Gasteiger partial charge in [0.05, 0.1) is 11.1 Å². The Morgan fingerprint density at radius 3 is 2.12 bits per heavy atom. The lowest BCUT2D eigenvalue weighted by molar-refractivity contribution is -0.204. The Bertz CT molecular complexity index is 995. The fourth-order valence-corrected chi connectivity index (χ4v) is 4.49. The monoisotopic (exact) mass is 487 g/mol. The van der Waals surface area contributed by atoms with Crippen LogP contribution >= 0.6 is 8.73 Å². The van der Waals surface area contributed by atoms with Gasteiger partial charge < -0.3 is 29.0 Å². The predicted molar refractivity (Wildman–Crippen MR) is 127 cm³/mol. The summed E-state index contributed by atoms with van der Waals surface area (Å²) >= 11 is 0. The van der Waals surface area contributed by atoms with E-state index in [1.54, 1.807) is 60.7 Å². The molecule has 0 bridgehead atoms. The Hall–Kier alpha value is -2.78. The topological polar surface area (TPSA) is 120 Å². The molecule has 2 aromatic carbocycles. The summed E-state index contributed by atoms with van der Waals surface area (Å²) in [7, 11) is -0.230. The van der Waals surface area contributed by atoms with Gasteiger partial charge in [-0.3, -0.25) is 4.79 Å². The van der Waals surface area contributed by atoms with Gasteiger partial charge in [0, 0.05) is 12.6 Å².